The number of fused-ring (bicyclic) bond motifs is 1. The lowest BCUT2D eigenvalue weighted by atomic mass is 10.1. The van der Waals surface area contributed by atoms with Gasteiger partial charge in [0.05, 0.1) is 39.3 Å². The van der Waals surface area contributed by atoms with Gasteiger partial charge in [0.15, 0.2) is 11.5 Å². The summed E-state index contributed by atoms with van der Waals surface area (Å²) in [5, 5.41) is 2.88. The van der Waals surface area contributed by atoms with Crippen molar-refractivity contribution >= 4 is 11.8 Å². The van der Waals surface area contributed by atoms with Crippen LogP contribution in [0.4, 0.5) is 4.39 Å². The summed E-state index contributed by atoms with van der Waals surface area (Å²) in [6.07, 6.45) is 2.66. The summed E-state index contributed by atoms with van der Waals surface area (Å²) in [5.74, 6) is 0.715. The summed E-state index contributed by atoms with van der Waals surface area (Å²) < 4.78 is 30.7. The number of para-hydroxylation sites is 1. The summed E-state index contributed by atoms with van der Waals surface area (Å²) in [7, 11) is 0. The lowest BCUT2D eigenvalue weighted by Crippen LogP contribution is -2.41. The van der Waals surface area contributed by atoms with Crippen LogP contribution in [0.2, 0.25) is 0 Å². The van der Waals surface area contributed by atoms with Crippen LogP contribution in [0.25, 0.3) is 0 Å². The van der Waals surface area contributed by atoms with E-state index in [-0.39, 0.29) is 37.9 Å². The fraction of sp³-hybridized carbons (Fsp3) is 0.440. The Morgan fingerprint density at radius 2 is 1.97 bits per heavy atom. The molecule has 1 aliphatic rings. The fourth-order valence-corrected chi connectivity index (χ4v) is 3.56. The molecule has 0 saturated heterocycles. The normalized spacial score (nSPS) is 15.1. The molecule has 0 saturated carbocycles. The molecule has 2 aromatic carbocycles. The van der Waals surface area contributed by atoms with Crippen LogP contribution in [0.15, 0.2) is 42.5 Å². The molecule has 0 unspecified atom stereocenters. The van der Waals surface area contributed by atoms with E-state index < -0.39 is 5.82 Å². The van der Waals surface area contributed by atoms with Gasteiger partial charge < -0.3 is 24.4 Å². The largest absolute Gasteiger partial charge is 0.493 e. The summed E-state index contributed by atoms with van der Waals surface area (Å²) in [6.45, 7) is 3.67. The Morgan fingerprint density at radius 1 is 1.12 bits per heavy atom. The third-order valence-corrected chi connectivity index (χ3v) is 5.18. The van der Waals surface area contributed by atoms with E-state index in [9.17, 15) is 14.0 Å². The van der Waals surface area contributed by atoms with Crippen LogP contribution in [0.3, 0.4) is 0 Å². The van der Waals surface area contributed by atoms with Crippen LogP contribution >= 0.6 is 0 Å². The first-order valence-electron chi connectivity index (χ1n) is 11.4. The lowest BCUT2D eigenvalue weighted by Gasteiger charge is -2.24. The molecule has 1 heterocycles. The molecular formula is C25H31FN2O5. The van der Waals surface area contributed by atoms with Crippen molar-refractivity contribution in [2.24, 2.45) is 0 Å². The third-order valence-electron chi connectivity index (χ3n) is 5.18. The first-order valence-corrected chi connectivity index (χ1v) is 11.4. The van der Waals surface area contributed by atoms with Crippen molar-refractivity contribution in [2.75, 3.05) is 32.9 Å². The van der Waals surface area contributed by atoms with E-state index in [1.807, 2.05) is 25.1 Å². The van der Waals surface area contributed by atoms with Crippen LogP contribution in [0.1, 0.15) is 38.2 Å². The number of nitrogens with zero attached hydrogens (tertiary/aromatic N) is 1. The highest BCUT2D eigenvalue weighted by atomic mass is 19.1. The maximum absolute atomic E-state index is 13.3. The van der Waals surface area contributed by atoms with E-state index in [1.165, 1.54) is 17.0 Å². The van der Waals surface area contributed by atoms with Gasteiger partial charge in [0.2, 0.25) is 11.8 Å². The van der Waals surface area contributed by atoms with E-state index >= 15 is 0 Å². The monoisotopic (exact) mass is 458 g/mol. The van der Waals surface area contributed by atoms with Crippen LogP contribution in [-0.2, 0) is 16.1 Å². The number of nitrogens with one attached hydrogen (secondary N) is 1. The quantitative estimate of drug-likeness (QED) is 0.714. The van der Waals surface area contributed by atoms with Crippen LogP contribution in [0.5, 0.6) is 17.2 Å². The molecule has 0 aromatic heterocycles. The Hall–Kier alpha value is -3.29. The van der Waals surface area contributed by atoms with Crippen molar-refractivity contribution in [3.63, 3.8) is 0 Å². The summed E-state index contributed by atoms with van der Waals surface area (Å²) in [5.41, 5.74) is 0.771. The number of hydrogen-bond donors (Lipinski definition) is 1. The average molecular weight is 459 g/mol. The topological polar surface area (TPSA) is 77.1 Å². The standard InChI is InChI=1S/C25H31FN2O5/c1-2-31-22-11-6-8-19-17-28(18-23(29)27-13-4-3-5-14-33-25(19)22)24(30)12-15-32-21-10-7-9-20(26)16-21/h6-11,16H,2-5,12-15,17-18H2,1H3,(H,27,29). The zero-order chi connectivity index (χ0) is 23.5. The number of ether oxygens (including phenoxy) is 3. The lowest BCUT2D eigenvalue weighted by molar-refractivity contribution is -0.137. The average Bonchev–Trinajstić information content (AvgIpc) is 2.80. The molecule has 7 nitrogen and oxygen atoms in total. The van der Waals surface area contributed by atoms with Gasteiger partial charge in [0, 0.05) is 18.2 Å². The molecule has 1 N–H and O–H groups in total. The molecule has 2 aromatic rings. The second-order valence-corrected chi connectivity index (χ2v) is 7.74. The summed E-state index contributed by atoms with van der Waals surface area (Å²) in [6, 6.07) is 11.3. The molecule has 0 atom stereocenters. The number of amides is 2. The number of rotatable bonds is 6. The molecule has 178 valence electrons. The molecule has 0 spiro atoms. The first kappa shape index (κ1) is 24.4. The van der Waals surface area contributed by atoms with Gasteiger partial charge in [-0.05, 0) is 44.4 Å². The highest BCUT2D eigenvalue weighted by Crippen LogP contribution is 2.33. The molecule has 3 rings (SSSR count). The summed E-state index contributed by atoms with van der Waals surface area (Å²) in [4.78, 5) is 27.0. The number of carbonyl (C=O) groups is 2. The molecule has 8 heteroatoms. The van der Waals surface area contributed by atoms with Crippen LogP contribution < -0.4 is 19.5 Å². The second kappa shape index (κ2) is 12.7. The minimum absolute atomic E-state index is 0.0468. The molecule has 0 radical (unpaired) electrons. The zero-order valence-corrected chi connectivity index (χ0v) is 19.0. The molecule has 0 bridgehead atoms. The molecule has 1 aliphatic heterocycles. The van der Waals surface area contributed by atoms with Gasteiger partial charge in [-0.15, -0.1) is 0 Å². The van der Waals surface area contributed by atoms with E-state index in [2.05, 4.69) is 5.32 Å². The van der Waals surface area contributed by atoms with E-state index in [0.29, 0.717) is 37.0 Å². The second-order valence-electron chi connectivity index (χ2n) is 7.74. The van der Waals surface area contributed by atoms with Gasteiger partial charge in [-0.2, -0.15) is 0 Å². The Balaban J connectivity index is 1.75. The Labute approximate surface area is 193 Å². The highest BCUT2D eigenvalue weighted by Gasteiger charge is 2.21. The minimum Gasteiger partial charge on any atom is -0.493 e. The first-order chi connectivity index (χ1) is 16.1. The highest BCUT2D eigenvalue weighted by molar-refractivity contribution is 5.84. The smallest absolute Gasteiger partial charge is 0.239 e. The SMILES string of the molecule is CCOc1cccc2c1OCCCCCNC(=O)CN(C(=O)CCOc1cccc(F)c1)C2. The Morgan fingerprint density at radius 3 is 2.79 bits per heavy atom. The number of hydrogen-bond acceptors (Lipinski definition) is 5. The van der Waals surface area contributed by atoms with Crippen molar-refractivity contribution in [3.05, 3.63) is 53.8 Å². The van der Waals surface area contributed by atoms with E-state index in [1.54, 1.807) is 12.1 Å². The maximum atomic E-state index is 13.3. The Bertz CT molecular complexity index is 937. The maximum Gasteiger partial charge on any atom is 0.239 e. The molecule has 0 aliphatic carbocycles. The van der Waals surface area contributed by atoms with Gasteiger partial charge in [-0.3, -0.25) is 9.59 Å². The number of benzene rings is 2. The van der Waals surface area contributed by atoms with E-state index in [0.717, 1.165) is 24.8 Å². The summed E-state index contributed by atoms with van der Waals surface area (Å²) >= 11 is 0. The van der Waals surface area contributed by atoms with Crippen molar-refractivity contribution in [1.29, 1.82) is 0 Å². The molecular weight excluding hydrogens is 427 g/mol. The van der Waals surface area contributed by atoms with Gasteiger partial charge in [0.25, 0.3) is 0 Å². The molecule has 33 heavy (non-hydrogen) atoms. The minimum atomic E-state index is -0.406. The predicted molar refractivity (Wildman–Crippen MR) is 122 cm³/mol. The number of carbonyl (C=O) groups excluding carboxylic acids is 2. The van der Waals surface area contributed by atoms with Crippen LogP contribution in [-0.4, -0.2) is 49.6 Å². The van der Waals surface area contributed by atoms with Crippen molar-refractivity contribution in [1.82, 2.24) is 10.2 Å². The van der Waals surface area contributed by atoms with Crippen LogP contribution in [0, 0.1) is 5.82 Å². The van der Waals surface area contributed by atoms with Crippen molar-refractivity contribution in [2.45, 2.75) is 39.2 Å². The Kier molecular flexibility index (Phi) is 9.35. The van der Waals surface area contributed by atoms with Gasteiger partial charge in [0.1, 0.15) is 11.6 Å². The predicted octanol–water partition coefficient (Wildman–Crippen LogP) is 3.70. The van der Waals surface area contributed by atoms with Crippen molar-refractivity contribution in [3.8, 4) is 17.2 Å². The molecule has 0 fully saturated rings. The van der Waals surface area contributed by atoms with Gasteiger partial charge >= 0.3 is 0 Å². The number of halogens is 1. The van der Waals surface area contributed by atoms with Gasteiger partial charge in [-0.1, -0.05) is 18.2 Å². The zero-order valence-electron chi connectivity index (χ0n) is 19.0. The van der Waals surface area contributed by atoms with E-state index in [4.69, 9.17) is 14.2 Å². The van der Waals surface area contributed by atoms with Crippen molar-refractivity contribution < 1.29 is 28.2 Å². The van der Waals surface area contributed by atoms with Gasteiger partial charge in [-0.25, -0.2) is 4.39 Å². The third kappa shape index (κ3) is 7.66. The fourth-order valence-electron chi connectivity index (χ4n) is 3.56. The molecule has 2 amide bonds.